The van der Waals surface area contributed by atoms with Crippen molar-refractivity contribution in [3.63, 3.8) is 0 Å². The quantitative estimate of drug-likeness (QED) is 0.387. The average Bonchev–Trinajstić information content (AvgIpc) is 2.02. The first-order valence-corrected chi connectivity index (χ1v) is 5.42. The fourth-order valence-electron chi connectivity index (χ4n) is 1.05. The van der Waals surface area contributed by atoms with Gasteiger partial charge in [-0.3, -0.25) is 15.3 Å². The van der Waals surface area contributed by atoms with Gasteiger partial charge in [-0.15, -0.1) is 0 Å². The summed E-state index contributed by atoms with van der Waals surface area (Å²) < 4.78 is 14.7. The predicted octanol–water partition coefficient (Wildman–Crippen LogP) is -1.46. The molecule has 1 rings (SSSR count). The van der Waals surface area contributed by atoms with Gasteiger partial charge in [0.05, 0.1) is 0 Å². The van der Waals surface area contributed by atoms with Crippen LogP contribution in [0, 0.1) is 0 Å². The van der Waals surface area contributed by atoms with Gasteiger partial charge in [0.2, 0.25) is 0 Å². The Hall–Kier alpha value is -0.0100. The lowest BCUT2D eigenvalue weighted by molar-refractivity contribution is 0.0494. The summed E-state index contributed by atoms with van der Waals surface area (Å²) in [5.41, 5.74) is 0. The molecule has 1 heterocycles. The summed E-state index contributed by atoms with van der Waals surface area (Å²) in [6, 6.07) is 0. The van der Waals surface area contributed by atoms with Crippen LogP contribution in [0.1, 0.15) is 0 Å². The number of phosphoric acid groups is 1. The maximum Gasteiger partial charge on any atom is 0.470 e. The number of nitrogens with zero attached hydrogens (tertiary/aromatic N) is 2. The van der Waals surface area contributed by atoms with Crippen molar-refractivity contribution >= 4 is 7.82 Å². The molecule has 0 aromatic heterocycles. The van der Waals surface area contributed by atoms with E-state index in [1.54, 1.807) is 9.91 Å². The van der Waals surface area contributed by atoms with Crippen LogP contribution in [0.25, 0.3) is 0 Å². The van der Waals surface area contributed by atoms with Crippen molar-refractivity contribution in [2.24, 2.45) is 5.84 Å². The van der Waals surface area contributed by atoms with Crippen molar-refractivity contribution in [3.05, 3.63) is 0 Å². The van der Waals surface area contributed by atoms with Crippen LogP contribution < -0.4 is 5.84 Å². The molecule has 1 aliphatic heterocycles. The zero-order valence-electron chi connectivity index (χ0n) is 7.17. The Morgan fingerprint density at radius 3 is 2.31 bits per heavy atom. The second-order valence-corrected chi connectivity index (χ2v) is 4.14. The molecule has 0 aromatic carbocycles. The fraction of sp³-hybridized carbons (Fsp3) is 1.00. The number of rotatable bonds is 3. The molecular formula is C5H14N3O4P. The van der Waals surface area contributed by atoms with E-state index in [4.69, 9.17) is 15.6 Å². The van der Waals surface area contributed by atoms with Gasteiger partial charge in [0, 0.05) is 26.2 Å². The van der Waals surface area contributed by atoms with Crippen LogP contribution >= 0.6 is 7.82 Å². The van der Waals surface area contributed by atoms with E-state index in [-0.39, 0.29) is 6.73 Å². The van der Waals surface area contributed by atoms with E-state index in [1.807, 2.05) is 0 Å². The topological polar surface area (TPSA) is 99.3 Å². The Labute approximate surface area is 76.3 Å². The minimum Gasteiger partial charge on any atom is -0.303 e. The summed E-state index contributed by atoms with van der Waals surface area (Å²) in [5, 5.41) is 1.66. The molecular weight excluding hydrogens is 197 g/mol. The first-order valence-electron chi connectivity index (χ1n) is 3.89. The number of hydrogen-bond donors (Lipinski definition) is 3. The van der Waals surface area contributed by atoms with Gasteiger partial charge in [-0.25, -0.2) is 9.57 Å². The number of hydrogen-bond acceptors (Lipinski definition) is 5. The van der Waals surface area contributed by atoms with Gasteiger partial charge in [0.15, 0.2) is 0 Å². The molecule has 0 bridgehead atoms. The van der Waals surface area contributed by atoms with E-state index in [1.165, 1.54) is 0 Å². The fourth-order valence-corrected chi connectivity index (χ4v) is 1.36. The van der Waals surface area contributed by atoms with E-state index < -0.39 is 7.82 Å². The van der Waals surface area contributed by atoms with E-state index in [0.29, 0.717) is 26.2 Å². The second kappa shape index (κ2) is 4.47. The maximum atomic E-state index is 10.3. The van der Waals surface area contributed by atoms with Gasteiger partial charge in [-0.2, -0.15) is 0 Å². The highest BCUT2D eigenvalue weighted by molar-refractivity contribution is 7.46. The summed E-state index contributed by atoms with van der Waals surface area (Å²) >= 11 is 0. The van der Waals surface area contributed by atoms with E-state index >= 15 is 0 Å². The van der Waals surface area contributed by atoms with Crippen molar-refractivity contribution in [2.45, 2.75) is 0 Å². The zero-order valence-corrected chi connectivity index (χ0v) is 8.06. The molecule has 0 radical (unpaired) electrons. The normalized spacial score (nSPS) is 22.1. The molecule has 0 unspecified atom stereocenters. The SMILES string of the molecule is NN1CCN(COP(=O)(O)O)CC1. The van der Waals surface area contributed by atoms with E-state index in [0.717, 1.165) is 0 Å². The van der Waals surface area contributed by atoms with Crippen LogP contribution in [0.4, 0.5) is 0 Å². The standard InChI is InChI=1S/C5H14N3O4P/c6-8-3-1-7(2-4-8)5-12-13(9,10)11/h1-6H2,(H2,9,10,11). The maximum absolute atomic E-state index is 10.3. The van der Waals surface area contributed by atoms with Crippen molar-refractivity contribution < 1.29 is 18.9 Å². The Balaban J connectivity index is 2.20. The molecule has 13 heavy (non-hydrogen) atoms. The monoisotopic (exact) mass is 211 g/mol. The molecule has 78 valence electrons. The molecule has 8 heteroatoms. The van der Waals surface area contributed by atoms with Crippen LogP contribution in [0.15, 0.2) is 0 Å². The summed E-state index contributed by atoms with van der Waals surface area (Å²) in [7, 11) is -4.33. The average molecular weight is 211 g/mol. The highest BCUT2D eigenvalue weighted by Crippen LogP contribution is 2.35. The van der Waals surface area contributed by atoms with Crippen LogP contribution in [-0.2, 0) is 9.09 Å². The Bertz CT molecular complexity index is 200. The smallest absolute Gasteiger partial charge is 0.303 e. The van der Waals surface area contributed by atoms with E-state index in [9.17, 15) is 4.57 Å². The first kappa shape index (κ1) is 11.1. The lowest BCUT2D eigenvalue weighted by Crippen LogP contribution is -2.49. The minimum absolute atomic E-state index is 0.0435. The second-order valence-electron chi connectivity index (χ2n) is 2.90. The molecule has 0 spiro atoms. The summed E-state index contributed by atoms with van der Waals surface area (Å²) in [6.07, 6.45) is 0. The third-order valence-corrected chi connectivity index (χ3v) is 2.27. The third kappa shape index (κ3) is 4.68. The molecule has 0 amide bonds. The Morgan fingerprint density at radius 2 is 1.85 bits per heavy atom. The third-order valence-electron chi connectivity index (χ3n) is 1.82. The van der Waals surface area contributed by atoms with Crippen molar-refractivity contribution in [1.82, 2.24) is 9.91 Å². The molecule has 0 saturated carbocycles. The van der Waals surface area contributed by atoms with Crippen LogP contribution in [0.2, 0.25) is 0 Å². The lowest BCUT2D eigenvalue weighted by atomic mass is 10.4. The van der Waals surface area contributed by atoms with Gasteiger partial charge in [-0.1, -0.05) is 0 Å². The number of piperazine rings is 1. The van der Waals surface area contributed by atoms with Gasteiger partial charge < -0.3 is 9.79 Å². The van der Waals surface area contributed by atoms with Crippen molar-refractivity contribution in [1.29, 1.82) is 0 Å². The number of nitrogens with two attached hydrogens (primary N) is 1. The largest absolute Gasteiger partial charge is 0.470 e. The molecule has 1 saturated heterocycles. The van der Waals surface area contributed by atoms with Crippen LogP contribution in [-0.4, -0.2) is 52.6 Å². The molecule has 1 aliphatic rings. The minimum atomic E-state index is -4.33. The summed E-state index contributed by atoms with van der Waals surface area (Å²) in [5.74, 6) is 5.49. The van der Waals surface area contributed by atoms with Gasteiger partial charge in [0.1, 0.15) is 6.73 Å². The van der Waals surface area contributed by atoms with Crippen molar-refractivity contribution in [3.8, 4) is 0 Å². The molecule has 1 fully saturated rings. The van der Waals surface area contributed by atoms with Crippen molar-refractivity contribution in [2.75, 3.05) is 32.9 Å². The van der Waals surface area contributed by atoms with E-state index in [2.05, 4.69) is 4.52 Å². The molecule has 0 aromatic rings. The zero-order chi connectivity index (χ0) is 9.90. The van der Waals surface area contributed by atoms with Crippen LogP contribution in [0.3, 0.4) is 0 Å². The summed E-state index contributed by atoms with van der Waals surface area (Å²) in [4.78, 5) is 18.6. The van der Waals surface area contributed by atoms with Crippen LogP contribution in [0.5, 0.6) is 0 Å². The molecule has 0 atom stereocenters. The lowest BCUT2D eigenvalue weighted by Gasteiger charge is -2.31. The Morgan fingerprint density at radius 1 is 1.31 bits per heavy atom. The number of phosphoric ester groups is 1. The number of hydrazine groups is 1. The Kier molecular flexibility index (Phi) is 3.81. The first-order chi connectivity index (χ1) is 5.97. The van der Waals surface area contributed by atoms with Gasteiger partial charge in [0.25, 0.3) is 0 Å². The molecule has 0 aliphatic carbocycles. The highest BCUT2D eigenvalue weighted by Gasteiger charge is 2.19. The highest BCUT2D eigenvalue weighted by atomic mass is 31.2. The predicted molar refractivity (Wildman–Crippen MR) is 45.3 cm³/mol. The molecule has 4 N–H and O–H groups in total. The molecule has 7 nitrogen and oxygen atoms in total. The van der Waals surface area contributed by atoms with Gasteiger partial charge >= 0.3 is 7.82 Å². The summed E-state index contributed by atoms with van der Waals surface area (Å²) in [6.45, 7) is 2.65. The van der Waals surface area contributed by atoms with Gasteiger partial charge in [-0.05, 0) is 0 Å².